The minimum absolute atomic E-state index is 0.0993. The Kier molecular flexibility index (Phi) is 3.50. The molecule has 4 N–H and O–H groups in total. The van der Waals surface area contributed by atoms with Crippen molar-refractivity contribution in [2.24, 2.45) is 16.6 Å². The number of aliphatic imine (C=N–C) groups is 1. The molecule has 2 unspecified atom stereocenters. The Hall–Kier alpha value is -0.810. The molecule has 1 saturated heterocycles. The highest BCUT2D eigenvalue weighted by atomic mass is 16.5. The molecule has 1 heterocycles. The fourth-order valence-corrected chi connectivity index (χ4v) is 1.72. The summed E-state index contributed by atoms with van der Waals surface area (Å²) in [4.78, 5) is 6.31. The Bertz CT molecular complexity index is 185. The van der Waals surface area contributed by atoms with Gasteiger partial charge in [0.05, 0.1) is 0 Å². The van der Waals surface area contributed by atoms with Crippen LogP contribution in [0.5, 0.6) is 0 Å². The summed E-state index contributed by atoms with van der Waals surface area (Å²) in [6.07, 6.45) is 1.15. The number of guanidine groups is 1. The third-order valence-electron chi connectivity index (χ3n) is 2.61. The van der Waals surface area contributed by atoms with Crippen LogP contribution in [0.1, 0.15) is 13.3 Å². The van der Waals surface area contributed by atoms with E-state index in [9.17, 15) is 0 Å². The van der Waals surface area contributed by atoms with E-state index in [0.29, 0.717) is 18.5 Å². The topological polar surface area (TPSA) is 73.9 Å². The maximum absolute atomic E-state index is 8.40. The van der Waals surface area contributed by atoms with Crippen molar-refractivity contribution >= 4 is 5.96 Å². The molecule has 0 amide bonds. The molecule has 0 saturated carbocycles. The van der Waals surface area contributed by atoms with E-state index in [1.165, 1.54) is 0 Å². The van der Waals surface area contributed by atoms with Gasteiger partial charge in [-0.1, -0.05) is 0 Å². The summed E-state index contributed by atoms with van der Waals surface area (Å²) >= 11 is 0. The lowest BCUT2D eigenvalue weighted by Crippen LogP contribution is -2.29. The monoisotopic (exact) mass is 186 g/mol. The van der Waals surface area contributed by atoms with E-state index in [-0.39, 0.29) is 5.96 Å². The number of rotatable bonds is 2. The van der Waals surface area contributed by atoms with E-state index in [1.54, 1.807) is 0 Å². The van der Waals surface area contributed by atoms with Gasteiger partial charge in [0.25, 0.3) is 0 Å². The minimum atomic E-state index is 0.0993. The van der Waals surface area contributed by atoms with E-state index in [2.05, 4.69) is 23.9 Å². The highest BCUT2D eigenvalue weighted by molar-refractivity contribution is 5.76. The maximum Gasteiger partial charge on any atom is 0.212 e. The Morgan fingerprint density at radius 1 is 1.77 bits per heavy atom. The maximum atomic E-state index is 8.40. The van der Waals surface area contributed by atoms with E-state index < -0.39 is 0 Å². The largest absolute Gasteiger partial charge is 0.368 e. The molecule has 1 fully saturated rings. The predicted octanol–water partition coefficient (Wildman–Crippen LogP) is -0.380. The van der Waals surface area contributed by atoms with Crippen LogP contribution in [-0.2, 0) is 0 Å². The summed E-state index contributed by atoms with van der Waals surface area (Å²) in [5.41, 5.74) is 7.12. The van der Waals surface area contributed by atoms with Crippen molar-refractivity contribution in [2.45, 2.75) is 19.4 Å². The second-order valence-corrected chi connectivity index (χ2v) is 3.73. The van der Waals surface area contributed by atoms with E-state index in [4.69, 9.17) is 10.9 Å². The average Bonchev–Trinajstić information content (AvgIpc) is 2.42. The van der Waals surface area contributed by atoms with Gasteiger partial charge in [-0.2, -0.15) is 0 Å². The second kappa shape index (κ2) is 4.43. The zero-order valence-corrected chi connectivity index (χ0v) is 8.20. The number of hydrogen-bond acceptors (Lipinski definition) is 3. The second-order valence-electron chi connectivity index (χ2n) is 3.73. The first kappa shape index (κ1) is 10.3. The van der Waals surface area contributed by atoms with Crippen molar-refractivity contribution in [1.82, 2.24) is 10.4 Å². The van der Waals surface area contributed by atoms with Gasteiger partial charge in [-0.3, -0.25) is 10.2 Å². The van der Waals surface area contributed by atoms with Gasteiger partial charge in [0.1, 0.15) is 0 Å². The summed E-state index contributed by atoms with van der Waals surface area (Å²) in [7, 11) is 2.11. The van der Waals surface area contributed by atoms with Gasteiger partial charge < -0.3 is 10.6 Å². The quantitative estimate of drug-likeness (QED) is 0.312. The lowest BCUT2D eigenvalue weighted by Gasteiger charge is -2.12. The van der Waals surface area contributed by atoms with Gasteiger partial charge in [-0.05, 0) is 26.3 Å². The lowest BCUT2D eigenvalue weighted by atomic mass is 10.1. The molecule has 13 heavy (non-hydrogen) atoms. The van der Waals surface area contributed by atoms with Crippen molar-refractivity contribution in [2.75, 3.05) is 20.1 Å². The predicted molar refractivity (Wildman–Crippen MR) is 51.6 cm³/mol. The van der Waals surface area contributed by atoms with Crippen LogP contribution in [-0.4, -0.2) is 42.2 Å². The van der Waals surface area contributed by atoms with Crippen LogP contribution in [0.25, 0.3) is 0 Å². The normalized spacial score (nSPS) is 30.8. The van der Waals surface area contributed by atoms with E-state index >= 15 is 0 Å². The SMILES string of the molecule is CC1CC(CN=C(N)NO)CN1C. The van der Waals surface area contributed by atoms with Crippen LogP contribution >= 0.6 is 0 Å². The molecule has 1 rings (SSSR count). The highest BCUT2D eigenvalue weighted by Gasteiger charge is 2.25. The lowest BCUT2D eigenvalue weighted by molar-refractivity contribution is 0.232. The zero-order valence-electron chi connectivity index (χ0n) is 8.20. The highest BCUT2D eigenvalue weighted by Crippen LogP contribution is 2.20. The smallest absolute Gasteiger partial charge is 0.212 e. The number of hydroxylamine groups is 1. The molecule has 0 spiro atoms. The molecule has 0 aromatic rings. The number of hydrogen-bond donors (Lipinski definition) is 3. The molecule has 76 valence electrons. The molecule has 5 nitrogen and oxygen atoms in total. The molecular formula is C8H18N4O. The number of nitrogens with one attached hydrogen (secondary N) is 1. The number of likely N-dealkylation sites (tertiary alicyclic amines) is 1. The molecule has 0 aromatic carbocycles. The Morgan fingerprint density at radius 2 is 2.46 bits per heavy atom. The fraction of sp³-hybridized carbons (Fsp3) is 0.875. The fourth-order valence-electron chi connectivity index (χ4n) is 1.72. The van der Waals surface area contributed by atoms with Crippen molar-refractivity contribution in [3.63, 3.8) is 0 Å². The molecule has 0 radical (unpaired) electrons. The first-order valence-electron chi connectivity index (χ1n) is 4.53. The average molecular weight is 186 g/mol. The van der Waals surface area contributed by atoms with Crippen LogP contribution in [0.3, 0.4) is 0 Å². The number of nitrogens with two attached hydrogens (primary N) is 1. The van der Waals surface area contributed by atoms with E-state index in [0.717, 1.165) is 13.0 Å². The zero-order chi connectivity index (χ0) is 9.84. The summed E-state index contributed by atoms with van der Waals surface area (Å²) in [5, 5.41) is 8.40. The van der Waals surface area contributed by atoms with Crippen molar-refractivity contribution in [3.05, 3.63) is 0 Å². The van der Waals surface area contributed by atoms with Crippen molar-refractivity contribution in [3.8, 4) is 0 Å². The van der Waals surface area contributed by atoms with Crippen LogP contribution in [0.15, 0.2) is 4.99 Å². The first-order chi connectivity index (χ1) is 6.13. The van der Waals surface area contributed by atoms with Crippen molar-refractivity contribution < 1.29 is 5.21 Å². The van der Waals surface area contributed by atoms with Crippen molar-refractivity contribution in [1.29, 1.82) is 0 Å². The van der Waals surface area contributed by atoms with E-state index in [1.807, 2.05) is 5.48 Å². The minimum Gasteiger partial charge on any atom is -0.368 e. The van der Waals surface area contributed by atoms with Gasteiger partial charge in [-0.15, -0.1) is 0 Å². The molecule has 1 aliphatic heterocycles. The van der Waals surface area contributed by atoms with Crippen LogP contribution in [0.2, 0.25) is 0 Å². The number of nitrogens with zero attached hydrogens (tertiary/aromatic N) is 2. The van der Waals surface area contributed by atoms with Gasteiger partial charge in [0, 0.05) is 19.1 Å². The van der Waals surface area contributed by atoms with Crippen LogP contribution in [0.4, 0.5) is 0 Å². The standard InChI is InChI=1S/C8H18N4O/c1-6-3-7(5-12(6)2)4-10-8(9)11-13/h6-7,13H,3-5H2,1-2H3,(H3,9,10,11). The van der Waals surface area contributed by atoms with Gasteiger partial charge in [0.15, 0.2) is 0 Å². The Balaban J connectivity index is 2.32. The molecule has 0 aliphatic carbocycles. The first-order valence-corrected chi connectivity index (χ1v) is 4.53. The Morgan fingerprint density at radius 3 is 2.92 bits per heavy atom. The summed E-state index contributed by atoms with van der Waals surface area (Å²) < 4.78 is 0. The molecule has 2 atom stereocenters. The van der Waals surface area contributed by atoms with Crippen LogP contribution in [0, 0.1) is 5.92 Å². The van der Waals surface area contributed by atoms with Gasteiger partial charge in [-0.25, -0.2) is 5.48 Å². The summed E-state index contributed by atoms with van der Waals surface area (Å²) in [5.74, 6) is 0.661. The molecular weight excluding hydrogens is 168 g/mol. The molecule has 0 bridgehead atoms. The molecule has 5 heteroatoms. The third-order valence-corrected chi connectivity index (χ3v) is 2.61. The molecule has 1 aliphatic rings. The summed E-state index contributed by atoms with van der Waals surface area (Å²) in [6.45, 7) is 3.95. The van der Waals surface area contributed by atoms with Crippen LogP contribution < -0.4 is 11.2 Å². The molecule has 0 aromatic heterocycles. The third kappa shape index (κ3) is 2.86. The Labute approximate surface area is 78.6 Å². The van der Waals surface area contributed by atoms with Gasteiger partial charge >= 0.3 is 0 Å². The van der Waals surface area contributed by atoms with Gasteiger partial charge in [0.2, 0.25) is 5.96 Å². The summed E-state index contributed by atoms with van der Waals surface area (Å²) in [6, 6.07) is 0.628.